The second-order valence-corrected chi connectivity index (χ2v) is 3.53. The van der Waals surface area contributed by atoms with Gasteiger partial charge in [-0.3, -0.25) is 4.79 Å². The number of allylic oxidation sites excluding steroid dienone is 4. The topological polar surface area (TPSA) is 17.1 Å². The Labute approximate surface area is 96.3 Å². The zero-order valence-electron chi connectivity index (χ0n) is 11.7. The highest BCUT2D eigenvalue weighted by molar-refractivity contribution is 5.95. The van der Waals surface area contributed by atoms with E-state index in [0.717, 1.165) is 11.5 Å². The van der Waals surface area contributed by atoms with Gasteiger partial charge in [0.15, 0.2) is 5.78 Å². The third kappa shape index (κ3) is 24.6. The Morgan fingerprint density at radius 2 is 1.40 bits per heavy atom. The molecule has 0 radical (unpaired) electrons. The molecule has 0 aromatic rings. The smallest absolute Gasteiger partial charge is 0.159 e. The van der Waals surface area contributed by atoms with Gasteiger partial charge in [-0.2, -0.15) is 0 Å². The highest BCUT2D eigenvalue weighted by atomic mass is 16.1. The molecule has 0 aliphatic heterocycles. The lowest BCUT2D eigenvalue weighted by molar-refractivity contribution is -0.113. The van der Waals surface area contributed by atoms with E-state index in [-0.39, 0.29) is 5.78 Å². The zero-order chi connectivity index (χ0) is 12.9. The summed E-state index contributed by atoms with van der Waals surface area (Å²) in [6.45, 7) is 15.8. The number of carbonyl (C=O) groups excluding carboxylic acids is 1. The van der Waals surface area contributed by atoms with Gasteiger partial charge in [0.25, 0.3) is 0 Å². The van der Waals surface area contributed by atoms with Crippen molar-refractivity contribution in [3.63, 3.8) is 0 Å². The van der Waals surface area contributed by atoms with Gasteiger partial charge in [-0.15, -0.1) is 0 Å². The largest absolute Gasteiger partial charge is 0.295 e. The van der Waals surface area contributed by atoms with E-state index < -0.39 is 0 Å². The van der Waals surface area contributed by atoms with E-state index in [4.69, 9.17) is 0 Å². The fourth-order valence-electron chi connectivity index (χ4n) is 0.596. The SMILES string of the molecule is C/C=C\C(=C/C)C(C)=O.CC.CC(C)C. The average molecular weight is 212 g/mol. The van der Waals surface area contributed by atoms with Crippen molar-refractivity contribution in [2.24, 2.45) is 5.92 Å². The Morgan fingerprint density at radius 3 is 1.47 bits per heavy atom. The lowest BCUT2D eigenvalue weighted by Crippen LogP contribution is -1.90. The summed E-state index contributed by atoms with van der Waals surface area (Å²) in [7, 11) is 0. The Kier molecular flexibility index (Phi) is 20.5. The predicted molar refractivity (Wildman–Crippen MR) is 71.1 cm³/mol. The van der Waals surface area contributed by atoms with Gasteiger partial charge in [-0.05, 0) is 26.7 Å². The maximum atomic E-state index is 10.6. The lowest BCUT2D eigenvalue weighted by Gasteiger charge is -1.89. The zero-order valence-corrected chi connectivity index (χ0v) is 11.7. The molecule has 0 atom stereocenters. The molecule has 0 N–H and O–H groups in total. The summed E-state index contributed by atoms with van der Waals surface area (Å²) in [5.41, 5.74) is 0.775. The van der Waals surface area contributed by atoms with Crippen molar-refractivity contribution < 1.29 is 4.79 Å². The van der Waals surface area contributed by atoms with Crippen molar-refractivity contribution in [1.82, 2.24) is 0 Å². The van der Waals surface area contributed by atoms with E-state index in [0.29, 0.717) is 0 Å². The third-order valence-corrected chi connectivity index (χ3v) is 1.06. The molecule has 0 saturated carbocycles. The Bertz CT molecular complexity index is 183. The van der Waals surface area contributed by atoms with Crippen molar-refractivity contribution in [2.45, 2.75) is 55.4 Å². The van der Waals surface area contributed by atoms with Crippen LogP contribution in [0.5, 0.6) is 0 Å². The van der Waals surface area contributed by atoms with Gasteiger partial charge in [-0.1, -0.05) is 52.8 Å². The second-order valence-electron chi connectivity index (χ2n) is 3.53. The first kappa shape index (κ1) is 19.7. The monoisotopic (exact) mass is 212 g/mol. The molecule has 0 rings (SSSR count). The second kappa shape index (κ2) is 15.6. The molecule has 90 valence electrons. The van der Waals surface area contributed by atoms with Gasteiger partial charge < -0.3 is 0 Å². The van der Waals surface area contributed by atoms with Crippen LogP contribution in [0.15, 0.2) is 23.8 Å². The highest BCUT2D eigenvalue weighted by Crippen LogP contribution is 1.96. The van der Waals surface area contributed by atoms with Crippen LogP contribution in [0.1, 0.15) is 55.4 Å². The molecular formula is C14H28O. The molecule has 0 aliphatic rings. The molecule has 0 bridgehead atoms. The molecule has 0 saturated heterocycles. The molecule has 15 heavy (non-hydrogen) atoms. The number of carbonyl (C=O) groups is 1. The van der Waals surface area contributed by atoms with Crippen molar-refractivity contribution in [3.8, 4) is 0 Å². The van der Waals surface area contributed by atoms with Crippen LogP contribution in [0.3, 0.4) is 0 Å². The van der Waals surface area contributed by atoms with Gasteiger partial charge in [0.1, 0.15) is 0 Å². The fourth-order valence-corrected chi connectivity index (χ4v) is 0.596. The summed E-state index contributed by atoms with van der Waals surface area (Å²) in [6, 6.07) is 0. The molecule has 0 aromatic heterocycles. The molecule has 0 aliphatic carbocycles. The van der Waals surface area contributed by atoms with Crippen molar-refractivity contribution in [1.29, 1.82) is 0 Å². The van der Waals surface area contributed by atoms with Crippen molar-refractivity contribution in [2.75, 3.05) is 0 Å². The normalized spacial score (nSPS) is 10.3. The molecular weight excluding hydrogens is 184 g/mol. The maximum absolute atomic E-state index is 10.6. The standard InChI is InChI=1S/C8H12O.C4H10.C2H6/c1-4-6-8(5-2)7(3)9;1-4(2)3;1-2/h4-6H,1-3H3;4H,1-3H3;1-2H3/b6-4-,8-5+;;. The van der Waals surface area contributed by atoms with Gasteiger partial charge in [0, 0.05) is 5.57 Å². The van der Waals surface area contributed by atoms with Gasteiger partial charge in [0.2, 0.25) is 0 Å². The van der Waals surface area contributed by atoms with Crippen LogP contribution in [0, 0.1) is 5.92 Å². The molecule has 0 unspecified atom stereocenters. The van der Waals surface area contributed by atoms with Crippen LogP contribution < -0.4 is 0 Å². The molecule has 1 nitrogen and oxygen atoms in total. The first-order valence-corrected chi connectivity index (χ1v) is 5.75. The van der Waals surface area contributed by atoms with E-state index in [1.807, 2.05) is 45.9 Å². The predicted octanol–water partition coefficient (Wildman–Crippen LogP) is 4.79. The Balaban J connectivity index is -0.000000202. The summed E-state index contributed by atoms with van der Waals surface area (Å²) in [4.78, 5) is 10.6. The van der Waals surface area contributed by atoms with Crippen LogP contribution in [0.25, 0.3) is 0 Å². The quantitative estimate of drug-likeness (QED) is 0.475. The lowest BCUT2D eigenvalue weighted by atomic mass is 10.2. The molecule has 0 fully saturated rings. The minimum absolute atomic E-state index is 0.121. The van der Waals surface area contributed by atoms with Gasteiger partial charge in [0.05, 0.1) is 0 Å². The van der Waals surface area contributed by atoms with E-state index in [1.54, 1.807) is 6.92 Å². The van der Waals surface area contributed by atoms with E-state index in [9.17, 15) is 4.79 Å². The maximum Gasteiger partial charge on any atom is 0.159 e. The van der Waals surface area contributed by atoms with Crippen LogP contribution in [-0.2, 0) is 4.79 Å². The summed E-state index contributed by atoms with van der Waals surface area (Å²) in [6.07, 6.45) is 5.47. The van der Waals surface area contributed by atoms with Crippen LogP contribution >= 0.6 is 0 Å². The molecule has 0 spiro atoms. The molecule has 0 heterocycles. The van der Waals surface area contributed by atoms with Crippen molar-refractivity contribution >= 4 is 5.78 Å². The Morgan fingerprint density at radius 1 is 1.07 bits per heavy atom. The highest BCUT2D eigenvalue weighted by Gasteiger charge is 1.93. The molecule has 0 aromatic carbocycles. The number of hydrogen-bond donors (Lipinski definition) is 0. The van der Waals surface area contributed by atoms with E-state index in [1.165, 1.54) is 0 Å². The van der Waals surface area contributed by atoms with Crippen LogP contribution in [0.4, 0.5) is 0 Å². The fraction of sp³-hybridized carbons (Fsp3) is 0.643. The minimum atomic E-state index is 0.121. The first-order chi connectivity index (χ1) is 6.95. The van der Waals surface area contributed by atoms with E-state index >= 15 is 0 Å². The number of hydrogen-bond acceptors (Lipinski definition) is 1. The summed E-state index contributed by atoms with van der Waals surface area (Å²) >= 11 is 0. The average Bonchev–Trinajstić information content (AvgIpc) is 2.16. The summed E-state index contributed by atoms with van der Waals surface area (Å²) in [5, 5.41) is 0. The number of rotatable bonds is 2. The van der Waals surface area contributed by atoms with Crippen molar-refractivity contribution in [3.05, 3.63) is 23.8 Å². The molecule has 1 heteroatoms. The Hall–Kier alpha value is -0.850. The molecule has 0 amide bonds. The number of Topliss-reactive ketones (excluding diaryl/α,β-unsaturated/α-hetero) is 1. The minimum Gasteiger partial charge on any atom is -0.295 e. The van der Waals surface area contributed by atoms with Gasteiger partial charge in [-0.25, -0.2) is 0 Å². The summed E-state index contributed by atoms with van der Waals surface area (Å²) < 4.78 is 0. The first-order valence-electron chi connectivity index (χ1n) is 5.75. The van der Waals surface area contributed by atoms with E-state index in [2.05, 4.69) is 20.8 Å². The number of ketones is 1. The van der Waals surface area contributed by atoms with Gasteiger partial charge >= 0.3 is 0 Å². The third-order valence-electron chi connectivity index (χ3n) is 1.06. The summed E-state index contributed by atoms with van der Waals surface area (Å²) in [5.74, 6) is 0.954. The van der Waals surface area contributed by atoms with Crippen LogP contribution in [0.2, 0.25) is 0 Å². The van der Waals surface area contributed by atoms with Crippen LogP contribution in [-0.4, -0.2) is 5.78 Å².